The molecule has 4 nitrogen and oxygen atoms in total. The summed E-state index contributed by atoms with van der Waals surface area (Å²) < 4.78 is 25.2. The van der Waals surface area contributed by atoms with Gasteiger partial charge in [0.05, 0.1) is 5.25 Å². The van der Waals surface area contributed by atoms with Crippen molar-refractivity contribution in [2.45, 2.75) is 31.9 Å². The van der Waals surface area contributed by atoms with Crippen molar-refractivity contribution in [1.82, 2.24) is 4.72 Å². The standard InChI is InChI=1S/C10H17NO3S/c1-4-7(3)15(13,14)11-10(12)9-6-8(9)5-2/h5,7-9H,2,4,6H2,1,3H3,(H,11,12). The minimum Gasteiger partial charge on any atom is -0.274 e. The van der Waals surface area contributed by atoms with Gasteiger partial charge < -0.3 is 0 Å². The SMILES string of the molecule is C=CC1CC1C(=O)NS(=O)(=O)C(C)CC. The van der Waals surface area contributed by atoms with Crippen molar-refractivity contribution in [2.24, 2.45) is 11.8 Å². The van der Waals surface area contributed by atoms with Crippen LogP contribution in [0.15, 0.2) is 12.7 Å². The van der Waals surface area contributed by atoms with E-state index in [0.29, 0.717) is 12.8 Å². The lowest BCUT2D eigenvalue weighted by Crippen LogP contribution is -2.37. The summed E-state index contributed by atoms with van der Waals surface area (Å²) in [4.78, 5) is 11.5. The zero-order valence-corrected chi connectivity index (χ0v) is 9.88. The van der Waals surface area contributed by atoms with E-state index >= 15 is 0 Å². The lowest BCUT2D eigenvalue weighted by Gasteiger charge is -2.11. The molecule has 1 saturated carbocycles. The number of carbonyl (C=O) groups excluding carboxylic acids is 1. The van der Waals surface area contributed by atoms with Crippen LogP contribution in [0.1, 0.15) is 26.7 Å². The fraction of sp³-hybridized carbons (Fsp3) is 0.700. The molecule has 0 heterocycles. The Bertz CT molecular complexity index is 361. The van der Waals surface area contributed by atoms with E-state index in [1.807, 2.05) is 0 Å². The van der Waals surface area contributed by atoms with Crippen LogP contribution in [0.4, 0.5) is 0 Å². The van der Waals surface area contributed by atoms with Crippen LogP contribution in [0.25, 0.3) is 0 Å². The van der Waals surface area contributed by atoms with Gasteiger partial charge in [-0.15, -0.1) is 6.58 Å². The van der Waals surface area contributed by atoms with Gasteiger partial charge in [-0.05, 0) is 25.7 Å². The molecule has 1 rings (SSSR count). The quantitative estimate of drug-likeness (QED) is 0.719. The van der Waals surface area contributed by atoms with Gasteiger partial charge in [0.2, 0.25) is 15.9 Å². The third-order valence-corrected chi connectivity index (χ3v) is 4.71. The van der Waals surface area contributed by atoms with Crippen LogP contribution < -0.4 is 4.72 Å². The Balaban J connectivity index is 2.56. The first kappa shape index (κ1) is 12.2. The van der Waals surface area contributed by atoms with E-state index in [0.717, 1.165) is 0 Å². The van der Waals surface area contributed by atoms with Crippen LogP contribution >= 0.6 is 0 Å². The van der Waals surface area contributed by atoms with Crippen molar-refractivity contribution < 1.29 is 13.2 Å². The molecular formula is C10H17NO3S. The van der Waals surface area contributed by atoms with Gasteiger partial charge in [-0.25, -0.2) is 8.42 Å². The minimum absolute atomic E-state index is 0.150. The lowest BCUT2D eigenvalue weighted by molar-refractivity contribution is -0.120. The molecule has 0 aromatic heterocycles. The summed E-state index contributed by atoms with van der Waals surface area (Å²) in [5.74, 6) is -0.432. The molecule has 0 bridgehead atoms. The first-order valence-electron chi connectivity index (χ1n) is 5.10. The number of rotatable bonds is 5. The summed E-state index contributed by atoms with van der Waals surface area (Å²) in [6, 6.07) is 0. The first-order valence-corrected chi connectivity index (χ1v) is 6.65. The van der Waals surface area contributed by atoms with Gasteiger partial charge in [0.25, 0.3) is 0 Å². The average molecular weight is 231 g/mol. The summed E-state index contributed by atoms with van der Waals surface area (Å²) in [7, 11) is -3.48. The monoisotopic (exact) mass is 231 g/mol. The maximum atomic E-state index is 11.5. The maximum absolute atomic E-state index is 11.5. The van der Waals surface area contributed by atoms with Gasteiger partial charge in [0.15, 0.2) is 0 Å². The number of sulfonamides is 1. The van der Waals surface area contributed by atoms with Crippen LogP contribution in [0.5, 0.6) is 0 Å². The Labute approximate surface area is 90.8 Å². The van der Waals surface area contributed by atoms with Crippen molar-refractivity contribution in [3.8, 4) is 0 Å². The molecule has 0 aromatic carbocycles. The van der Waals surface area contributed by atoms with Gasteiger partial charge in [0.1, 0.15) is 0 Å². The predicted octanol–water partition coefficient (Wildman–Crippen LogP) is 1.05. The molecule has 0 aromatic rings. The second-order valence-electron chi connectivity index (χ2n) is 3.97. The first-order chi connectivity index (χ1) is 6.92. The number of hydrogen-bond acceptors (Lipinski definition) is 3. The number of hydrogen-bond donors (Lipinski definition) is 1. The normalized spacial score (nSPS) is 26.8. The molecule has 0 aliphatic heterocycles. The van der Waals surface area contributed by atoms with E-state index in [1.54, 1.807) is 19.9 Å². The Morgan fingerprint density at radius 2 is 2.27 bits per heavy atom. The van der Waals surface area contributed by atoms with E-state index in [4.69, 9.17) is 0 Å². The highest BCUT2D eigenvalue weighted by Gasteiger charge is 2.42. The van der Waals surface area contributed by atoms with Crippen LogP contribution in [-0.4, -0.2) is 19.6 Å². The van der Waals surface area contributed by atoms with Crippen molar-refractivity contribution in [3.63, 3.8) is 0 Å². The summed E-state index contributed by atoms with van der Waals surface area (Å²) in [5, 5.41) is -0.526. The average Bonchev–Trinajstić information content (AvgIpc) is 2.94. The zero-order chi connectivity index (χ0) is 11.6. The molecule has 1 amide bonds. The zero-order valence-electron chi connectivity index (χ0n) is 9.06. The van der Waals surface area contributed by atoms with Gasteiger partial charge in [-0.1, -0.05) is 13.0 Å². The second-order valence-corrected chi connectivity index (χ2v) is 6.07. The van der Waals surface area contributed by atoms with Gasteiger partial charge >= 0.3 is 0 Å². The van der Waals surface area contributed by atoms with Crippen molar-refractivity contribution >= 4 is 15.9 Å². The Kier molecular flexibility index (Phi) is 3.54. The Morgan fingerprint density at radius 3 is 2.67 bits per heavy atom. The summed E-state index contributed by atoms with van der Waals surface area (Å²) in [6.45, 7) is 6.94. The summed E-state index contributed by atoms with van der Waals surface area (Å²) >= 11 is 0. The molecule has 15 heavy (non-hydrogen) atoms. The molecular weight excluding hydrogens is 214 g/mol. The van der Waals surface area contributed by atoms with Gasteiger partial charge in [-0.2, -0.15) is 0 Å². The van der Waals surface area contributed by atoms with E-state index in [1.165, 1.54) is 0 Å². The highest BCUT2D eigenvalue weighted by atomic mass is 32.2. The third kappa shape index (κ3) is 2.81. The topological polar surface area (TPSA) is 63.2 Å². The highest BCUT2D eigenvalue weighted by molar-refractivity contribution is 7.90. The number of carbonyl (C=O) groups is 1. The molecule has 0 saturated heterocycles. The molecule has 3 unspecified atom stereocenters. The van der Waals surface area contributed by atoms with Crippen molar-refractivity contribution in [1.29, 1.82) is 0 Å². The summed E-state index contributed by atoms with van der Waals surface area (Å²) in [5.41, 5.74) is 0. The third-order valence-electron chi connectivity index (χ3n) is 2.83. The van der Waals surface area contributed by atoms with Gasteiger partial charge in [0, 0.05) is 5.92 Å². The van der Waals surface area contributed by atoms with Gasteiger partial charge in [-0.3, -0.25) is 9.52 Å². The van der Waals surface area contributed by atoms with Crippen molar-refractivity contribution in [3.05, 3.63) is 12.7 Å². The number of allylic oxidation sites excluding steroid dienone is 1. The maximum Gasteiger partial charge on any atom is 0.237 e. The Hall–Kier alpha value is -0.840. The molecule has 1 aliphatic rings. The molecule has 1 aliphatic carbocycles. The molecule has 0 radical (unpaired) electrons. The van der Waals surface area contributed by atoms with E-state index in [2.05, 4.69) is 11.3 Å². The van der Waals surface area contributed by atoms with Crippen LogP contribution in [-0.2, 0) is 14.8 Å². The van der Waals surface area contributed by atoms with E-state index < -0.39 is 15.3 Å². The molecule has 5 heteroatoms. The van der Waals surface area contributed by atoms with E-state index in [9.17, 15) is 13.2 Å². The highest BCUT2D eigenvalue weighted by Crippen LogP contribution is 2.39. The molecule has 1 N–H and O–H groups in total. The van der Waals surface area contributed by atoms with Crippen LogP contribution in [0.2, 0.25) is 0 Å². The fourth-order valence-electron chi connectivity index (χ4n) is 1.31. The predicted molar refractivity (Wildman–Crippen MR) is 58.6 cm³/mol. The van der Waals surface area contributed by atoms with Crippen LogP contribution in [0, 0.1) is 11.8 Å². The lowest BCUT2D eigenvalue weighted by atomic mass is 10.3. The largest absolute Gasteiger partial charge is 0.274 e. The molecule has 0 spiro atoms. The number of nitrogens with one attached hydrogen (secondary N) is 1. The van der Waals surface area contributed by atoms with Crippen molar-refractivity contribution in [2.75, 3.05) is 0 Å². The second kappa shape index (κ2) is 4.35. The van der Waals surface area contributed by atoms with E-state index in [-0.39, 0.29) is 17.7 Å². The molecule has 1 fully saturated rings. The summed E-state index contributed by atoms with van der Waals surface area (Å²) in [6.07, 6.45) is 2.91. The fourth-order valence-corrected chi connectivity index (χ4v) is 2.38. The number of amides is 1. The smallest absolute Gasteiger partial charge is 0.237 e. The Morgan fingerprint density at radius 1 is 1.67 bits per heavy atom. The molecule has 3 atom stereocenters. The minimum atomic E-state index is -3.48. The van der Waals surface area contributed by atoms with Crippen LogP contribution in [0.3, 0.4) is 0 Å². The molecule has 86 valence electrons.